The number of amides is 4. The first-order valence-corrected chi connectivity index (χ1v) is 33.6. The van der Waals surface area contributed by atoms with Crippen molar-refractivity contribution in [2.24, 2.45) is 31.8 Å². The topological polar surface area (TPSA) is 218 Å². The molecule has 0 unspecified atom stereocenters. The van der Waals surface area contributed by atoms with Gasteiger partial charge in [-0.2, -0.15) is 15.3 Å². The van der Waals surface area contributed by atoms with E-state index in [0.29, 0.717) is 6.42 Å². The first-order valence-electron chi connectivity index (χ1n) is 33.6. The minimum atomic E-state index is -1.15. The van der Waals surface area contributed by atoms with Gasteiger partial charge in [0.15, 0.2) is 5.96 Å². The highest BCUT2D eigenvalue weighted by molar-refractivity contribution is 5.92. The molecule has 14 heteroatoms. The van der Waals surface area contributed by atoms with Gasteiger partial charge in [0.1, 0.15) is 12.1 Å². The van der Waals surface area contributed by atoms with Crippen LogP contribution < -0.4 is 33.1 Å². The molecule has 0 aliphatic heterocycles. The van der Waals surface area contributed by atoms with Crippen LogP contribution in [0.4, 0.5) is 0 Å². The smallest absolute Gasteiger partial charge is 0.262 e. The van der Waals surface area contributed by atoms with E-state index in [-0.39, 0.29) is 43.5 Å². The minimum absolute atomic E-state index is 0.0182. The molecule has 8 N–H and O–H groups in total. The zero-order chi connectivity index (χ0) is 57.6. The molecule has 0 aliphatic rings. The summed E-state index contributed by atoms with van der Waals surface area (Å²) in [6.07, 6.45) is 65.7. The predicted molar refractivity (Wildman–Crippen MR) is 339 cm³/mol. The molecule has 0 heterocycles. The Kier molecular flexibility index (Phi) is 58.8. The van der Waals surface area contributed by atoms with Crippen LogP contribution in [0, 0.1) is 0 Å². The summed E-state index contributed by atoms with van der Waals surface area (Å²) in [6, 6.07) is -2.28. The van der Waals surface area contributed by atoms with Crippen LogP contribution in [0.25, 0.3) is 0 Å². The molecule has 0 aromatic carbocycles. The van der Waals surface area contributed by atoms with E-state index in [9.17, 15) is 19.2 Å². The molecule has 0 aromatic heterocycles. The average Bonchev–Trinajstić information content (AvgIpc) is 3.44. The number of hydrogen-bond donors (Lipinski definition) is 6. The molecule has 2 atom stereocenters. The van der Waals surface area contributed by atoms with Gasteiger partial charge in [-0.25, -0.2) is 21.3 Å². The molecule has 79 heavy (non-hydrogen) atoms. The van der Waals surface area contributed by atoms with Crippen molar-refractivity contribution in [1.29, 1.82) is 0 Å². The number of carbonyl (C=O) groups is 4. The van der Waals surface area contributed by atoms with Gasteiger partial charge < -0.3 is 16.8 Å². The van der Waals surface area contributed by atoms with E-state index in [1.807, 2.05) is 0 Å². The molecule has 0 bridgehead atoms. The highest BCUT2D eigenvalue weighted by Gasteiger charge is 2.27. The first-order chi connectivity index (χ1) is 38.7. The van der Waals surface area contributed by atoms with Crippen LogP contribution in [-0.2, 0) is 19.2 Å². The van der Waals surface area contributed by atoms with Crippen LogP contribution in [0.2, 0.25) is 0 Å². The van der Waals surface area contributed by atoms with E-state index < -0.39 is 23.9 Å². The summed E-state index contributed by atoms with van der Waals surface area (Å²) in [6.45, 7) is 6.80. The Hall–Kier alpha value is -3.84. The lowest BCUT2D eigenvalue weighted by molar-refractivity contribution is -0.130. The van der Waals surface area contributed by atoms with Gasteiger partial charge in [0, 0.05) is 31.5 Å². The monoisotopic (exact) mass is 1110 g/mol. The lowest BCUT2D eigenvalue weighted by atomic mass is 10.0. The van der Waals surface area contributed by atoms with Gasteiger partial charge in [-0.05, 0) is 51.4 Å². The molecular weight excluding hydrogens is 985 g/mol. The van der Waals surface area contributed by atoms with Crippen molar-refractivity contribution in [3.8, 4) is 0 Å². The molecule has 0 radical (unpaired) electrons. The number of nitrogens with two attached hydrogens (primary N) is 2. The first kappa shape index (κ1) is 75.2. The van der Waals surface area contributed by atoms with Crippen molar-refractivity contribution in [1.82, 2.24) is 21.6 Å². The van der Waals surface area contributed by atoms with E-state index >= 15 is 0 Å². The van der Waals surface area contributed by atoms with Crippen LogP contribution >= 0.6 is 0 Å². The molecule has 0 saturated carbocycles. The maximum Gasteiger partial charge on any atom is 0.262 e. The van der Waals surface area contributed by atoms with Gasteiger partial charge in [0.2, 0.25) is 17.7 Å². The number of hydrazone groups is 3. The second-order valence-corrected chi connectivity index (χ2v) is 22.9. The minimum Gasteiger partial charge on any atom is -0.370 e. The Balaban J connectivity index is 4.88. The summed E-state index contributed by atoms with van der Waals surface area (Å²) >= 11 is 0. The van der Waals surface area contributed by atoms with Gasteiger partial charge in [-0.15, -0.1) is 0 Å². The average molecular weight is 1110 g/mol. The van der Waals surface area contributed by atoms with Gasteiger partial charge >= 0.3 is 0 Å². The third-order valence-corrected chi connectivity index (χ3v) is 15.2. The molecule has 0 aromatic rings. The molecule has 0 rings (SSSR count). The SMILES string of the molecule is CCCCCCCCCCCCCCCCC/C=N/NC(=O)CC[C@H](N=C(N)N)C(=O)N[C@@H](CCC(=O)N/N=C/CCCCCCCCCCCCCCCCC)C(=O)N/N=C/CCCCCCCCCCCCCCCCC. The van der Waals surface area contributed by atoms with E-state index in [4.69, 9.17) is 11.5 Å². The maximum atomic E-state index is 13.6. The second kappa shape index (κ2) is 61.8. The number of hydrogen-bond acceptors (Lipinski definition) is 8. The molecule has 0 fully saturated rings. The van der Waals surface area contributed by atoms with Crippen molar-refractivity contribution in [2.45, 2.75) is 367 Å². The van der Waals surface area contributed by atoms with Gasteiger partial charge in [0.25, 0.3) is 5.91 Å². The highest BCUT2D eigenvalue weighted by Crippen LogP contribution is 2.17. The summed E-state index contributed by atoms with van der Waals surface area (Å²) < 4.78 is 0. The van der Waals surface area contributed by atoms with Crippen molar-refractivity contribution < 1.29 is 19.2 Å². The Morgan fingerprint density at radius 1 is 0.342 bits per heavy atom. The van der Waals surface area contributed by atoms with Crippen molar-refractivity contribution in [3.05, 3.63) is 0 Å². The fourth-order valence-electron chi connectivity index (χ4n) is 10.1. The van der Waals surface area contributed by atoms with Crippen LogP contribution in [0.1, 0.15) is 355 Å². The molecule has 0 saturated heterocycles. The van der Waals surface area contributed by atoms with Crippen LogP contribution in [-0.4, -0.2) is 60.3 Å². The maximum absolute atomic E-state index is 13.6. The lowest BCUT2D eigenvalue weighted by Crippen LogP contribution is -2.49. The molecule has 4 amide bonds. The van der Waals surface area contributed by atoms with Crippen LogP contribution in [0.15, 0.2) is 20.3 Å². The Morgan fingerprint density at radius 2 is 0.595 bits per heavy atom. The number of nitrogens with one attached hydrogen (secondary N) is 4. The summed E-state index contributed by atoms with van der Waals surface area (Å²) in [4.78, 5) is 56.8. The summed E-state index contributed by atoms with van der Waals surface area (Å²) in [5.74, 6) is -2.31. The number of guanidine groups is 1. The number of carbonyl (C=O) groups excluding carboxylic acids is 4. The molecular formula is C65H126N10O4. The predicted octanol–water partition coefficient (Wildman–Crippen LogP) is 16.8. The van der Waals surface area contributed by atoms with Crippen LogP contribution in [0.3, 0.4) is 0 Å². The second-order valence-electron chi connectivity index (χ2n) is 22.9. The highest BCUT2D eigenvalue weighted by atomic mass is 16.2. The number of rotatable bonds is 61. The van der Waals surface area contributed by atoms with Crippen molar-refractivity contribution >= 4 is 48.2 Å². The molecule has 14 nitrogen and oxygen atoms in total. The third kappa shape index (κ3) is 57.2. The molecule has 0 spiro atoms. The normalized spacial score (nSPS) is 12.4. The quantitative estimate of drug-likeness (QED) is 0.0151. The van der Waals surface area contributed by atoms with E-state index in [1.165, 1.54) is 250 Å². The molecule has 0 aliphatic carbocycles. The van der Waals surface area contributed by atoms with Crippen molar-refractivity contribution in [2.75, 3.05) is 0 Å². The Labute approximate surface area is 485 Å². The number of aliphatic imine (C=N–C) groups is 1. The standard InChI is InChI=1S/C65H126N10O4/c1-4-7-10-13-16-19-22-25-28-31-34-37-40-43-46-49-56-68-73-61(76)54-52-59(72-65(66)67)63(78)71-60(64(79)75-70-58-51-48-45-42-39-36-33-30-27-24-21-18-15-12-9-6-3)53-55-62(77)74-69-57-50-47-44-41-38-35-32-29-26-23-20-17-14-11-8-5-2/h56-60H,4-55H2,1-3H3,(H,71,78)(H,73,76)(H,74,77)(H,75,79)(H4,66,67,72)/b68-56+,69-57+,70-58+/t59-,60-/m0/s1. The summed E-state index contributed by atoms with van der Waals surface area (Å²) in [5.41, 5.74) is 19.1. The van der Waals surface area contributed by atoms with Gasteiger partial charge in [-0.1, -0.05) is 290 Å². The lowest BCUT2D eigenvalue weighted by Gasteiger charge is -2.19. The fourth-order valence-corrected chi connectivity index (χ4v) is 10.1. The van der Waals surface area contributed by atoms with Crippen LogP contribution in [0.5, 0.6) is 0 Å². The fraction of sp³-hybridized carbons (Fsp3) is 0.877. The Bertz CT molecular complexity index is 1500. The number of nitrogens with zero attached hydrogens (tertiary/aromatic N) is 4. The zero-order valence-corrected chi connectivity index (χ0v) is 51.7. The van der Waals surface area contributed by atoms with Gasteiger partial charge in [0.05, 0.1) is 0 Å². The number of unbranched alkanes of at least 4 members (excludes halogenated alkanes) is 45. The van der Waals surface area contributed by atoms with E-state index in [2.05, 4.69) is 62.7 Å². The van der Waals surface area contributed by atoms with Gasteiger partial charge in [-0.3, -0.25) is 19.2 Å². The largest absolute Gasteiger partial charge is 0.370 e. The third-order valence-electron chi connectivity index (χ3n) is 15.2. The summed E-state index contributed by atoms with van der Waals surface area (Å²) in [5, 5.41) is 15.1. The van der Waals surface area contributed by atoms with E-state index in [0.717, 1.165) is 51.4 Å². The summed E-state index contributed by atoms with van der Waals surface area (Å²) in [7, 11) is 0. The van der Waals surface area contributed by atoms with Crippen molar-refractivity contribution in [3.63, 3.8) is 0 Å². The molecule has 460 valence electrons. The Morgan fingerprint density at radius 3 is 0.873 bits per heavy atom. The zero-order valence-electron chi connectivity index (χ0n) is 51.7. The van der Waals surface area contributed by atoms with E-state index in [1.54, 1.807) is 18.6 Å².